The van der Waals surface area contributed by atoms with Crippen LogP contribution in [0.25, 0.3) is 0 Å². The van der Waals surface area contributed by atoms with Crippen LogP contribution in [0.4, 0.5) is 5.69 Å². The van der Waals surface area contributed by atoms with Gasteiger partial charge in [-0.1, -0.05) is 0 Å². The molecule has 1 N–H and O–H groups in total. The van der Waals surface area contributed by atoms with E-state index in [4.69, 9.17) is 10.00 Å². The van der Waals surface area contributed by atoms with Crippen LogP contribution in [0.3, 0.4) is 0 Å². The van der Waals surface area contributed by atoms with Gasteiger partial charge in [0.25, 0.3) is 0 Å². The number of nitriles is 1. The van der Waals surface area contributed by atoms with Crippen molar-refractivity contribution in [3.8, 4) is 11.8 Å². The van der Waals surface area contributed by atoms with Crippen molar-refractivity contribution in [2.45, 2.75) is 25.8 Å². The maximum absolute atomic E-state index is 9.12. The van der Waals surface area contributed by atoms with Crippen molar-refractivity contribution in [2.24, 2.45) is 0 Å². The maximum Gasteiger partial charge on any atom is 0.121 e. The number of likely N-dealkylation sites (tertiary alicyclic amines) is 1. The second kappa shape index (κ2) is 6.44. The van der Waals surface area contributed by atoms with Crippen LogP contribution in [0.2, 0.25) is 0 Å². The lowest BCUT2D eigenvalue weighted by Crippen LogP contribution is -2.35. The number of nitrogens with zero attached hydrogens (tertiary/aromatic N) is 2. The lowest BCUT2D eigenvalue weighted by Gasteiger charge is -2.24. The summed E-state index contributed by atoms with van der Waals surface area (Å²) in [7, 11) is 1.64. The van der Waals surface area contributed by atoms with Gasteiger partial charge in [-0.05, 0) is 45.0 Å². The Morgan fingerprint density at radius 2 is 2.16 bits per heavy atom. The lowest BCUT2D eigenvalue weighted by molar-refractivity contribution is 0.269. The van der Waals surface area contributed by atoms with Crippen molar-refractivity contribution < 1.29 is 4.74 Å². The third-order valence-electron chi connectivity index (χ3n) is 3.70. The molecule has 0 amide bonds. The first-order chi connectivity index (χ1) is 9.24. The van der Waals surface area contributed by atoms with E-state index in [9.17, 15) is 0 Å². The minimum atomic E-state index is 0.486. The molecule has 4 nitrogen and oxygen atoms in total. The molecule has 4 heteroatoms. The Kier molecular flexibility index (Phi) is 4.64. The van der Waals surface area contributed by atoms with Gasteiger partial charge in [0, 0.05) is 18.7 Å². The summed E-state index contributed by atoms with van der Waals surface area (Å²) in [5.41, 5.74) is 1.52. The number of benzene rings is 1. The predicted octanol–water partition coefficient (Wildman–Crippen LogP) is 2.46. The third kappa shape index (κ3) is 3.39. The zero-order valence-corrected chi connectivity index (χ0v) is 11.6. The molecule has 1 aliphatic heterocycles. The van der Waals surface area contributed by atoms with Crippen molar-refractivity contribution in [1.82, 2.24) is 4.90 Å². The SMILES string of the molecule is COc1ccc(C#N)c(NCC(C)N2CCCC2)c1. The molecular formula is C15H21N3O. The van der Waals surface area contributed by atoms with Crippen molar-refractivity contribution in [2.75, 3.05) is 32.1 Å². The molecule has 19 heavy (non-hydrogen) atoms. The molecule has 1 unspecified atom stereocenters. The standard InChI is InChI=1S/C15H21N3O/c1-12(18-7-3-4-8-18)11-17-15-9-14(19-2)6-5-13(15)10-16/h5-6,9,12,17H,3-4,7-8,11H2,1-2H3. The molecule has 0 aromatic heterocycles. The minimum Gasteiger partial charge on any atom is -0.497 e. The quantitative estimate of drug-likeness (QED) is 0.882. The Balaban J connectivity index is 1.99. The van der Waals surface area contributed by atoms with Gasteiger partial charge < -0.3 is 10.1 Å². The van der Waals surface area contributed by atoms with Gasteiger partial charge in [0.15, 0.2) is 0 Å². The van der Waals surface area contributed by atoms with E-state index in [1.165, 1.54) is 25.9 Å². The van der Waals surface area contributed by atoms with E-state index in [1.54, 1.807) is 13.2 Å². The van der Waals surface area contributed by atoms with Gasteiger partial charge in [0.1, 0.15) is 11.8 Å². The van der Waals surface area contributed by atoms with E-state index in [-0.39, 0.29) is 0 Å². The van der Waals surface area contributed by atoms with Crippen LogP contribution in [0, 0.1) is 11.3 Å². The summed E-state index contributed by atoms with van der Waals surface area (Å²) in [6.07, 6.45) is 2.60. The predicted molar refractivity (Wildman–Crippen MR) is 76.5 cm³/mol. The third-order valence-corrected chi connectivity index (χ3v) is 3.70. The molecule has 1 fully saturated rings. The highest BCUT2D eigenvalue weighted by atomic mass is 16.5. The highest BCUT2D eigenvalue weighted by Gasteiger charge is 2.17. The maximum atomic E-state index is 9.12. The summed E-state index contributed by atoms with van der Waals surface area (Å²) in [6, 6.07) is 8.19. The topological polar surface area (TPSA) is 48.3 Å². The first-order valence-corrected chi connectivity index (χ1v) is 6.80. The van der Waals surface area contributed by atoms with Crippen molar-refractivity contribution >= 4 is 5.69 Å². The molecule has 1 aromatic carbocycles. The molecule has 0 saturated carbocycles. The summed E-state index contributed by atoms with van der Waals surface area (Å²) in [6.45, 7) is 5.45. The molecule has 102 valence electrons. The van der Waals surface area contributed by atoms with Crippen LogP contribution < -0.4 is 10.1 Å². The Labute approximate surface area is 115 Å². The highest BCUT2D eigenvalue weighted by molar-refractivity contribution is 5.60. The highest BCUT2D eigenvalue weighted by Crippen LogP contribution is 2.22. The molecule has 0 spiro atoms. The van der Waals surface area contributed by atoms with Crippen molar-refractivity contribution in [3.63, 3.8) is 0 Å². The molecule has 0 bridgehead atoms. The Hall–Kier alpha value is -1.73. The number of rotatable bonds is 5. The first kappa shape index (κ1) is 13.7. The second-order valence-electron chi connectivity index (χ2n) is 5.00. The summed E-state index contributed by atoms with van der Waals surface area (Å²) in [5, 5.41) is 12.5. The second-order valence-corrected chi connectivity index (χ2v) is 5.00. The van der Waals surface area contributed by atoms with Crippen molar-refractivity contribution in [3.05, 3.63) is 23.8 Å². The average molecular weight is 259 g/mol. The Morgan fingerprint density at radius 3 is 2.79 bits per heavy atom. The Bertz CT molecular complexity index is 461. The summed E-state index contributed by atoms with van der Waals surface area (Å²) in [4.78, 5) is 2.49. The van der Waals surface area contributed by atoms with Crippen LogP contribution in [-0.4, -0.2) is 37.7 Å². The molecule has 1 aromatic rings. The van der Waals surface area contributed by atoms with Crippen molar-refractivity contribution in [1.29, 1.82) is 5.26 Å². The number of nitrogens with one attached hydrogen (secondary N) is 1. The van der Waals surface area contributed by atoms with Crippen LogP contribution >= 0.6 is 0 Å². The molecule has 1 aliphatic rings. The van der Waals surface area contributed by atoms with E-state index in [2.05, 4.69) is 23.2 Å². The fourth-order valence-electron chi connectivity index (χ4n) is 2.46. The molecule has 1 heterocycles. The lowest BCUT2D eigenvalue weighted by atomic mass is 10.1. The molecule has 0 aliphatic carbocycles. The monoisotopic (exact) mass is 259 g/mol. The zero-order chi connectivity index (χ0) is 13.7. The first-order valence-electron chi connectivity index (χ1n) is 6.80. The van der Waals surface area contributed by atoms with Gasteiger partial charge in [-0.15, -0.1) is 0 Å². The summed E-state index contributed by atoms with van der Waals surface area (Å²) < 4.78 is 5.20. The van der Waals surface area contributed by atoms with Gasteiger partial charge >= 0.3 is 0 Å². The fourth-order valence-corrected chi connectivity index (χ4v) is 2.46. The molecule has 2 rings (SSSR count). The van der Waals surface area contributed by atoms with E-state index >= 15 is 0 Å². The fraction of sp³-hybridized carbons (Fsp3) is 0.533. The number of hydrogen-bond donors (Lipinski definition) is 1. The average Bonchev–Trinajstić information content (AvgIpc) is 2.98. The van der Waals surface area contributed by atoms with E-state index in [0.717, 1.165) is 18.0 Å². The summed E-state index contributed by atoms with van der Waals surface area (Å²) >= 11 is 0. The molecule has 1 saturated heterocycles. The van der Waals surface area contributed by atoms with Crippen LogP contribution in [0.15, 0.2) is 18.2 Å². The van der Waals surface area contributed by atoms with E-state index in [0.29, 0.717) is 11.6 Å². The largest absolute Gasteiger partial charge is 0.497 e. The number of ether oxygens (including phenoxy) is 1. The van der Waals surface area contributed by atoms with Crippen LogP contribution in [0.1, 0.15) is 25.3 Å². The van der Waals surface area contributed by atoms with Gasteiger partial charge in [-0.3, -0.25) is 4.90 Å². The van der Waals surface area contributed by atoms with Crippen LogP contribution in [0.5, 0.6) is 5.75 Å². The number of methoxy groups -OCH3 is 1. The Morgan fingerprint density at radius 1 is 1.42 bits per heavy atom. The normalized spacial score (nSPS) is 16.9. The van der Waals surface area contributed by atoms with Gasteiger partial charge in [-0.25, -0.2) is 0 Å². The zero-order valence-electron chi connectivity index (χ0n) is 11.6. The molecule has 1 atom stereocenters. The molecule has 0 radical (unpaired) electrons. The van der Waals surface area contributed by atoms with Gasteiger partial charge in [0.05, 0.1) is 18.4 Å². The number of anilines is 1. The smallest absolute Gasteiger partial charge is 0.121 e. The molecular weight excluding hydrogens is 238 g/mol. The minimum absolute atomic E-state index is 0.486. The summed E-state index contributed by atoms with van der Waals surface area (Å²) in [5.74, 6) is 0.773. The van der Waals surface area contributed by atoms with Gasteiger partial charge in [-0.2, -0.15) is 5.26 Å². The van der Waals surface area contributed by atoms with Crippen LogP contribution in [-0.2, 0) is 0 Å². The van der Waals surface area contributed by atoms with E-state index in [1.807, 2.05) is 12.1 Å². The van der Waals surface area contributed by atoms with E-state index < -0.39 is 0 Å². The van der Waals surface area contributed by atoms with Gasteiger partial charge in [0.2, 0.25) is 0 Å². The number of hydrogen-bond acceptors (Lipinski definition) is 4.